The van der Waals surface area contributed by atoms with Crippen LogP contribution in [-0.4, -0.2) is 18.4 Å². The molecule has 1 aromatic rings. The summed E-state index contributed by atoms with van der Waals surface area (Å²) in [6.45, 7) is 2.25. The number of rotatable bonds is 5. The van der Waals surface area contributed by atoms with E-state index < -0.39 is 6.04 Å². The van der Waals surface area contributed by atoms with Crippen molar-refractivity contribution in [3.63, 3.8) is 0 Å². The lowest BCUT2D eigenvalue weighted by Gasteiger charge is -2.08. The molecule has 1 atom stereocenters. The fraction of sp³-hybridized carbons (Fsp3) is 0.364. The third-order valence-corrected chi connectivity index (χ3v) is 1.93. The molecule has 3 heteroatoms. The molecule has 1 rings (SSSR count). The molecule has 0 saturated carbocycles. The summed E-state index contributed by atoms with van der Waals surface area (Å²) in [4.78, 5) is 10.8. The molecular formula is C11H15NO2. The SMILES string of the molecule is CC(=O)[C@H](N)COCc1ccccc1. The lowest BCUT2D eigenvalue weighted by atomic mass is 10.2. The van der Waals surface area contributed by atoms with Crippen molar-refractivity contribution in [1.29, 1.82) is 0 Å². The maximum absolute atomic E-state index is 10.8. The van der Waals surface area contributed by atoms with E-state index in [-0.39, 0.29) is 12.4 Å². The number of ether oxygens (including phenoxy) is 1. The Kier molecular flexibility index (Phi) is 4.29. The molecule has 0 saturated heterocycles. The van der Waals surface area contributed by atoms with Gasteiger partial charge in [-0.25, -0.2) is 0 Å². The summed E-state index contributed by atoms with van der Waals surface area (Å²) in [5.74, 6) is -0.0435. The second-order valence-corrected chi connectivity index (χ2v) is 3.22. The molecule has 3 nitrogen and oxygen atoms in total. The van der Waals surface area contributed by atoms with Gasteiger partial charge >= 0.3 is 0 Å². The molecule has 0 aliphatic rings. The zero-order valence-electron chi connectivity index (χ0n) is 8.27. The van der Waals surface area contributed by atoms with Gasteiger partial charge in [0.2, 0.25) is 0 Å². The van der Waals surface area contributed by atoms with Gasteiger partial charge in [0, 0.05) is 0 Å². The van der Waals surface area contributed by atoms with E-state index in [1.807, 2.05) is 30.3 Å². The van der Waals surface area contributed by atoms with Crippen molar-refractivity contribution in [2.75, 3.05) is 6.61 Å². The van der Waals surface area contributed by atoms with Crippen LogP contribution in [0.15, 0.2) is 30.3 Å². The van der Waals surface area contributed by atoms with Crippen LogP contribution in [0.4, 0.5) is 0 Å². The highest BCUT2D eigenvalue weighted by atomic mass is 16.5. The summed E-state index contributed by atoms with van der Waals surface area (Å²) >= 11 is 0. The molecule has 14 heavy (non-hydrogen) atoms. The van der Waals surface area contributed by atoms with Gasteiger partial charge in [-0.3, -0.25) is 4.79 Å². The topological polar surface area (TPSA) is 52.3 Å². The van der Waals surface area contributed by atoms with Crippen LogP contribution in [0.25, 0.3) is 0 Å². The summed E-state index contributed by atoms with van der Waals surface area (Å²) in [6.07, 6.45) is 0. The second kappa shape index (κ2) is 5.52. The number of ketones is 1. The number of benzene rings is 1. The van der Waals surface area contributed by atoms with Gasteiger partial charge in [0.15, 0.2) is 0 Å². The van der Waals surface area contributed by atoms with E-state index >= 15 is 0 Å². The fourth-order valence-electron chi connectivity index (χ4n) is 0.995. The molecular weight excluding hydrogens is 178 g/mol. The normalized spacial score (nSPS) is 12.4. The van der Waals surface area contributed by atoms with E-state index in [4.69, 9.17) is 10.5 Å². The molecule has 1 aromatic carbocycles. The Bertz CT molecular complexity index is 285. The zero-order chi connectivity index (χ0) is 10.4. The predicted molar refractivity (Wildman–Crippen MR) is 54.8 cm³/mol. The standard InChI is InChI=1S/C11H15NO2/c1-9(13)11(12)8-14-7-10-5-3-2-4-6-10/h2-6,11H,7-8,12H2,1H3/t11-/m1/s1. The highest BCUT2D eigenvalue weighted by molar-refractivity contribution is 5.81. The van der Waals surface area contributed by atoms with Crippen LogP contribution in [0, 0.1) is 0 Å². The van der Waals surface area contributed by atoms with E-state index in [1.54, 1.807) is 0 Å². The first-order valence-electron chi connectivity index (χ1n) is 4.58. The van der Waals surface area contributed by atoms with Crippen molar-refractivity contribution in [3.05, 3.63) is 35.9 Å². The number of hydrogen-bond donors (Lipinski definition) is 1. The summed E-state index contributed by atoms with van der Waals surface area (Å²) in [7, 11) is 0. The van der Waals surface area contributed by atoms with Gasteiger partial charge < -0.3 is 10.5 Å². The van der Waals surface area contributed by atoms with Crippen molar-refractivity contribution >= 4 is 5.78 Å². The van der Waals surface area contributed by atoms with Gasteiger partial charge in [0.05, 0.1) is 19.3 Å². The highest BCUT2D eigenvalue weighted by Crippen LogP contribution is 2.00. The van der Waals surface area contributed by atoms with E-state index in [2.05, 4.69) is 0 Å². The zero-order valence-corrected chi connectivity index (χ0v) is 8.27. The van der Waals surface area contributed by atoms with Crippen LogP contribution >= 0.6 is 0 Å². The smallest absolute Gasteiger partial charge is 0.148 e. The fourth-order valence-corrected chi connectivity index (χ4v) is 0.995. The average molecular weight is 193 g/mol. The molecule has 0 aliphatic heterocycles. The van der Waals surface area contributed by atoms with Gasteiger partial charge in [-0.15, -0.1) is 0 Å². The Morgan fingerprint density at radius 2 is 2.07 bits per heavy atom. The van der Waals surface area contributed by atoms with Gasteiger partial charge in [0.25, 0.3) is 0 Å². The second-order valence-electron chi connectivity index (χ2n) is 3.22. The van der Waals surface area contributed by atoms with Gasteiger partial charge in [-0.1, -0.05) is 30.3 Å². The number of Topliss-reactive ketones (excluding diaryl/α,β-unsaturated/α-hetero) is 1. The van der Waals surface area contributed by atoms with Crippen molar-refractivity contribution in [2.24, 2.45) is 5.73 Å². The largest absolute Gasteiger partial charge is 0.375 e. The van der Waals surface area contributed by atoms with Crippen molar-refractivity contribution in [2.45, 2.75) is 19.6 Å². The highest BCUT2D eigenvalue weighted by Gasteiger charge is 2.07. The molecule has 0 aliphatic carbocycles. The quantitative estimate of drug-likeness (QED) is 0.762. The molecule has 0 spiro atoms. The molecule has 0 heterocycles. The van der Waals surface area contributed by atoms with Crippen LogP contribution in [0.3, 0.4) is 0 Å². The first-order chi connectivity index (χ1) is 6.70. The van der Waals surface area contributed by atoms with Gasteiger partial charge in [-0.05, 0) is 12.5 Å². The van der Waals surface area contributed by atoms with E-state index in [9.17, 15) is 4.79 Å². The Balaban J connectivity index is 2.26. The molecule has 76 valence electrons. The van der Waals surface area contributed by atoms with E-state index in [0.717, 1.165) is 5.56 Å². The third kappa shape index (κ3) is 3.68. The monoisotopic (exact) mass is 193 g/mol. The maximum Gasteiger partial charge on any atom is 0.148 e. The van der Waals surface area contributed by atoms with Gasteiger partial charge in [0.1, 0.15) is 5.78 Å². The Morgan fingerprint density at radius 3 is 2.64 bits per heavy atom. The minimum atomic E-state index is -0.501. The lowest BCUT2D eigenvalue weighted by Crippen LogP contribution is -2.33. The molecule has 0 radical (unpaired) electrons. The Labute approximate surface area is 83.9 Å². The molecule has 0 aromatic heterocycles. The molecule has 0 amide bonds. The number of hydrogen-bond acceptors (Lipinski definition) is 3. The number of carbonyl (C=O) groups excluding carboxylic acids is 1. The van der Waals surface area contributed by atoms with Crippen LogP contribution in [-0.2, 0) is 16.1 Å². The van der Waals surface area contributed by atoms with Crippen molar-refractivity contribution in [3.8, 4) is 0 Å². The van der Waals surface area contributed by atoms with Crippen LogP contribution in [0.5, 0.6) is 0 Å². The summed E-state index contributed by atoms with van der Waals surface area (Å²) < 4.78 is 5.30. The predicted octanol–water partition coefficient (Wildman–Crippen LogP) is 1.12. The van der Waals surface area contributed by atoms with Crippen LogP contribution in [0.1, 0.15) is 12.5 Å². The van der Waals surface area contributed by atoms with Crippen molar-refractivity contribution < 1.29 is 9.53 Å². The van der Waals surface area contributed by atoms with E-state index in [1.165, 1.54) is 6.92 Å². The third-order valence-electron chi connectivity index (χ3n) is 1.93. The Hall–Kier alpha value is -1.19. The minimum absolute atomic E-state index is 0.0435. The summed E-state index contributed by atoms with van der Waals surface area (Å²) in [5.41, 5.74) is 6.59. The summed E-state index contributed by atoms with van der Waals surface area (Å²) in [5, 5.41) is 0. The summed E-state index contributed by atoms with van der Waals surface area (Å²) in [6, 6.07) is 9.29. The van der Waals surface area contributed by atoms with Crippen LogP contribution < -0.4 is 5.73 Å². The number of nitrogens with two attached hydrogens (primary N) is 1. The molecule has 0 unspecified atom stereocenters. The molecule has 2 N–H and O–H groups in total. The molecule has 0 bridgehead atoms. The molecule has 0 fully saturated rings. The average Bonchev–Trinajstić information content (AvgIpc) is 2.19. The maximum atomic E-state index is 10.8. The minimum Gasteiger partial charge on any atom is -0.375 e. The van der Waals surface area contributed by atoms with Crippen molar-refractivity contribution in [1.82, 2.24) is 0 Å². The van der Waals surface area contributed by atoms with Crippen LogP contribution in [0.2, 0.25) is 0 Å². The lowest BCUT2D eigenvalue weighted by molar-refractivity contribution is -0.119. The number of carbonyl (C=O) groups is 1. The first kappa shape index (κ1) is 10.9. The Morgan fingerprint density at radius 1 is 1.43 bits per heavy atom. The van der Waals surface area contributed by atoms with Gasteiger partial charge in [-0.2, -0.15) is 0 Å². The first-order valence-corrected chi connectivity index (χ1v) is 4.58. The van der Waals surface area contributed by atoms with E-state index in [0.29, 0.717) is 6.61 Å².